The number of carbonyl (C=O) groups is 1. The zero-order valence-electron chi connectivity index (χ0n) is 16.1. The van der Waals surface area contributed by atoms with Crippen molar-refractivity contribution in [2.75, 3.05) is 11.9 Å². The van der Waals surface area contributed by atoms with Gasteiger partial charge in [-0.1, -0.05) is 58.9 Å². The summed E-state index contributed by atoms with van der Waals surface area (Å²) in [6.45, 7) is 12.8. The summed E-state index contributed by atoms with van der Waals surface area (Å²) in [5, 5.41) is 2.88. The van der Waals surface area contributed by atoms with Crippen LogP contribution in [0.25, 0.3) is 0 Å². The maximum atomic E-state index is 12.2. The molecular weight excluding hydrogens is 310 g/mol. The van der Waals surface area contributed by atoms with E-state index in [0.29, 0.717) is 5.92 Å². The van der Waals surface area contributed by atoms with E-state index < -0.39 is 0 Å². The molecule has 2 aromatic rings. The first-order valence-electron chi connectivity index (χ1n) is 8.80. The van der Waals surface area contributed by atoms with Gasteiger partial charge < -0.3 is 10.1 Å². The van der Waals surface area contributed by atoms with E-state index >= 15 is 0 Å². The van der Waals surface area contributed by atoms with Gasteiger partial charge in [-0.15, -0.1) is 0 Å². The Morgan fingerprint density at radius 2 is 1.72 bits per heavy atom. The van der Waals surface area contributed by atoms with Gasteiger partial charge >= 0.3 is 0 Å². The summed E-state index contributed by atoms with van der Waals surface area (Å²) in [6.07, 6.45) is 0. The van der Waals surface area contributed by atoms with Crippen molar-refractivity contribution in [3.8, 4) is 5.75 Å². The van der Waals surface area contributed by atoms with Gasteiger partial charge in [0.15, 0.2) is 6.61 Å². The maximum Gasteiger partial charge on any atom is 0.262 e. The molecule has 0 unspecified atom stereocenters. The lowest BCUT2D eigenvalue weighted by Gasteiger charge is -2.19. The largest absolute Gasteiger partial charge is 0.483 e. The van der Waals surface area contributed by atoms with Gasteiger partial charge in [0.05, 0.1) is 0 Å². The first kappa shape index (κ1) is 19.0. The first-order chi connectivity index (χ1) is 11.7. The molecule has 1 N–H and O–H groups in total. The number of hydrogen-bond acceptors (Lipinski definition) is 2. The number of rotatable bonds is 5. The summed E-state index contributed by atoms with van der Waals surface area (Å²) in [5.74, 6) is 1.04. The van der Waals surface area contributed by atoms with E-state index in [1.807, 2.05) is 43.3 Å². The summed E-state index contributed by atoms with van der Waals surface area (Å²) in [6, 6.07) is 14.1. The number of benzene rings is 2. The Balaban J connectivity index is 1.96. The Kier molecular flexibility index (Phi) is 5.89. The van der Waals surface area contributed by atoms with E-state index in [2.05, 4.69) is 46.0 Å². The predicted octanol–water partition coefficient (Wildman–Crippen LogP) is 5.43. The third-order valence-corrected chi connectivity index (χ3v) is 4.27. The average Bonchev–Trinajstić information content (AvgIpc) is 2.53. The van der Waals surface area contributed by atoms with Crippen molar-refractivity contribution in [3.63, 3.8) is 0 Å². The van der Waals surface area contributed by atoms with E-state index in [-0.39, 0.29) is 17.9 Å². The molecule has 2 rings (SSSR count). The standard InChI is InChI=1S/C22H29NO2/c1-15(2)17-8-7-16(3)20(13-17)25-14-21(24)23-19-11-9-18(10-12-19)22(4,5)6/h7-13,15H,14H2,1-6H3,(H,23,24). The van der Waals surface area contributed by atoms with Gasteiger partial charge in [0, 0.05) is 5.69 Å². The van der Waals surface area contributed by atoms with Crippen LogP contribution in [0.1, 0.15) is 57.2 Å². The molecule has 0 spiro atoms. The van der Waals surface area contributed by atoms with Crippen LogP contribution >= 0.6 is 0 Å². The second kappa shape index (κ2) is 7.73. The van der Waals surface area contributed by atoms with Crippen LogP contribution in [0.5, 0.6) is 5.75 Å². The third-order valence-electron chi connectivity index (χ3n) is 4.27. The number of aryl methyl sites for hydroxylation is 1. The number of nitrogens with one attached hydrogen (secondary N) is 1. The van der Waals surface area contributed by atoms with Crippen LogP contribution in [-0.2, 0) is 10.2 Å². The van der Waals surface area contributed by atoms with E-state index in [9.17, 15) is 4.79 Å². The van der Waals surface area contributed by atoms with Crippen LogP contribution < -0.4 is 10.1 Å². The lowest BCUT2D eigenvalue weighted by atomic mass is 9.87. The van der Waals surface area contributed by atoms with Crippen LogP contribution in [0, 0.1) is 6.92 Å². The fourth-order valence-corrected chi connectivity index (χ4v) is 2.53. The number of amides is 1. The summed E-state index contributed by atoms with van der Waals surface area (Å²) in [4.78, 5) is 12.2. The first-order valence-corrected chi connectivity index (χ1v) is 8.80. The third kappa shape index (κ3) is 5.35. The van der Waals surface area contributed by atoms with Crippen molar-refractivity contribution in [1.29, 1.82) is 0 Å². The minimum Gasteiger partial charge on any atom is -0.483 e. The lowest BCUT2D eigenvalue weighted by molar-refractivity contribution is -0.118. The SMILES string of the molecule is Cc1ccc(C(C)C)cc1OCC(=O)Nc1ccc(C(C)(C)C)cc1. The van der Waals surface area contributed by atoms with Gasteiger partial charge in [0.1, 0.15) is 5.75 Å². The highest BCUT2D eigenvalue weighted by Gasteiger charge is 2.13. The minimum absolute atomic E-state index is 0.00338. The molecular formula is C22H29NO2. The molecule has 134 valence electrons. The Bertz CT molecular complexity index is 725. The van der Waals surface area contributed by atoms with Crippen molar-refractivity contribution in [3.05, 3.63) is 59.2 Å². The smallest absolute Gasteiger partial charge is 0.262 e. The van der Waals surface area contributed by atoms with Crippen molar-refractivity contribution in [2.45, 2.75) is 52.9 Å². The molecule has 0 aliphatic rings. The van der Waals surface area contributed by atoms with Crippen LogP contribution in [0.4, 0.5) is 5.69 Å². The molecule has 0 aliphatic carbocycles. The topological polar surface area (TPSA) is 38.3 Å². The van der Waals surface area contributed by atoms with Crippen molar-refractivity contribution in [1.82, 2.24) is 0 Å². The second-order valence-electron chi connectivity index (χ2n) is 7.84. The van der Waals surface area contributed by atoms with E-state index in [1.165, 1.54) is 11.1 Å². The van der Waals surface area contributed by atoms with Crippen LogP contribution in [0.3, 0.4) is 0 Å². The molecule has 0 atom stereocenters. The van der Waals surface area contributed by atoms with Crippen molar-refractivity contribution >= 4 is 11.6 Å². The van der Waals surface area contributed by atoms with Gasteiger partial charge in [-0.3, -0.25) is 4.79 Å². The van der Waals surface area contributed by atoms with Crippen molar-refractivity contribution in [2.24, 2.45) is 0 Å². The Labute approximate surface area is 151 Å². The van der Waals surface area contributed by atoms with Crippen LogP contribution in [0.2, 0.25) is 0 Å². The highest BCUT2D eigenvalue weighted by Crippen LogP contribution is 2.25. The molecule has 0 fully saturated rings. The summed E-state index contributed by atoms with van der Waals surface area (Å²) >= 11 is 0. The van der Waals surface area contributed by atoms with Gasteiger partial charge in [0.25, 0.3) is 5.91 Å². The molecule has 2 aromatic carbocycles. The molecule has 25 heavy (non-hydrogen) atoms. The lowest BCUT2D eigenvalue weighted by Crippen LogP contribution is -2.20. The number of ether oxygens (including phenoxy) is 1. The highest BCUT2D eigenvalue weighted by atomic mass is 16.5. The normalized spacial score (nSPS) is 11.5. The summed E-state index contributed by atoms with van der Waals surface area (Å²) in [7, 11) is 0. The number of anilines is 1. The van der Waals surface area contributed by atoms with E-state index in [1.54, 1.807) is 0 Å². The minimum atomic E-state index is -0.155. The summed E-state index contributed by atoms with van der Waals surface area (Å²) in [5.41, 5.74) is 4.37. The zero-order chi connectivity index (χ0) is 18.6. The van der Waals surface area contributed by atoms with Gasteiger partial charge in [0.2, 0.25) is 0 Å². The van der Waals surface area contributed by atoms with E-state index in [0.717, 1.165) is 17.0 Å². The Hall–Kier alpha value is -2.29. The molecule has 3 heteroatoms. The average molecular weight is 339 g/mol. The van der Waals surface area contributed by atoms with Crippen molar-refractivity contribution < 1.29 is 9.53 Å². The fraction of sp³-hybridized carbons (Fsp3) is 0.409. The summed E-state index contributed by atoms with van der Waals surface area (Å²) < 4.78 is 5.73. The molecule has 0 saturated heterocycles. The molecule has 1 amide bonds. The maximum absolute atomic E-state index is 12.2. The van der Waals surface area contributed by atoms with Gasteiger partial charge in [-0.25, -0.2) is 0 Å². The second-order valence-corrected chi connectivity index (χ2v) is 7.84. The number of hydrogen-bond donors (Lipinski definition) is 1. The Morgan fingerprint density at radius 3 is 2.28 bits per heavy atom. The van der Waals surface area contributed by atoms with Crippen LogP contribution in [-0.4, -0.2) is 12.5 Å². The fourth-order valence-electron chi connectivity index (χ4n) is 2.53. The molecule has 0 aliphatic heterocycles. The molecule has 0 saturated carbocycles. The zero-order valence-corrected chi connectivity index (χ0v) is 16.1. The Morgan fingerprint density at radius 1 is 1.08 bits per heavy atom. The number of carbonyl (C=O) groups excluding carboxylic acids is 1. The highest BCUT2D eigenvalue weighted by molar-refractivity contribution is 5.91. The van der Waals surface area contributed by atoms with E-state index in [4.69, 9.17) is 4.74 Å². The predicted molar refractivity (Wildman–Crippen MR) is 105 cm³/mol. The quantitative estimate of drug-likeness (QED) is 0.788. The molecule has 3 nitrogen and oxygen atoms in total. The molecule has 0 aromatic heterocycles. The van der Waals surface area contributed by atoms with Gasteiger partial charge in [-0.2, -0.15) is 0 Å². The molecule has 0 radical (unpaired) electrons. The molecule has 0 bridgehead atoms. The van der Waals surface area contributed by atoms with Gasteiger partial charge in [-0.05, 0) is 53.1 Å². The molecule has 0 heterocycles. The van der Waals surface area contributed by atoms with Crippen LogP contribution in [0.15, 0.2) is 42.5 Å². The monoisotopic (exact) mass is 339 g/mol.